The van der Waals surface area contributed by atoms with Crippen LogP contribution in [0.5, 0.6) is 5.75 Å². The van der Waals surface area contributed by atoms with Crippen LogP contribution in [0, 0.1) is 6.92 Å². The van der Waals surface area contributed by atoms with Crippen molar-refractivity contribution in [3.63, 3.8) is 0 Å². The molecule has 4 nitrogen and oxygen atoms in total. The van der Waals surface area contributed by atoms with E-state index in [9.17, 15) is 4.79 Å². The molecule has 3 N–H and O–H groups in total. The topological polar surface area (TPSA) is 64.3 Å². The molecule has 0 aliphatic rings. The molecule has 110 valence electrons. The smallest absolute Gasteiger partial charge is 0.255 e. The van der Waals surface area contributed by atoms with E-state index in [1.807, 2.05) is 6.92 Å². The molecule has 0 spiro atoms. The number of anilines is 1. The predicted molar refractivity (Wildman–Crippen MR) is 85.1 cm³/mol. The molecule has 0 fully saturated rings. The molecule has 0 atom stereocenters. The lowest BCUT2D eigenvalue weighted by molar-refractivity contribution is 0.102. The van der Waals surface area contributed by atoms with Gasteiger partial charge in [0, 0.05) is 22.8 Å². The van der Waals surface area contributed by atoms with E-state index in [0.717, 1.165) is 11.3 Å². The first kappa shape index (κ1) is 15.4. The van der Waals surface area contributed by atoms with Gasteiger partial charge in [0.1, 0.15) is 12.4 Å². The average Bonchev–Trinajstić information content (AvgIpc) is 2.46. The molecule has 0 aliphatic carbocycles. The summed E-state index contributed by atoms with van der Waals surface area (Å²) < 4.78 is 5.38. The lowest BCUT2D eigenvalue weighted by Crippen LogP contribution is -2.13. The van der Waals surface area contributed by atoms with Gasteiger partial charge in [-0.2, -0.15) is 0 Å². The lowest BCUT2D eigenvalue weighted by atomic mass is 10.1. The standard InChI is InChI=1S/C16H17ClN2O2/c1-11-10-12(17)2-7-15(11)16(20)19-13-3-5-14(6-4-13)21-9-8-18/h2-7,10H,8-9,18H2,1H3,(H,19,20). The molecule has 0 heterocycles. The molecule has 0 aliphatic heterocycles. The highest BCUT2D eigenvalue weighted by atomic mass is 35.5. The molecular weight excluding hydrogens is 288 g/mol. The lowest BCUT2D eigenvalue weighted by Gasteiger charge is -2.09. The van der Waals surface area contributed by atoms with Gasteiger partial charge in [0.05, 0.1) is 0 Å². The Hall–Kier alpha value is -2.04. The highest BCUT2D eigenvalue weighted by Crippen LogP contribution is 2.19. The van der Waals surface area contributed by atoms with Crippen LogP contribution in [-0.4, -0.2) is 19.1 Å². The van der Waals surface area contributed by atoms with Crippen LogP contribution in [0.2, 0.25) is 5.02 Å². The van der Waals surface area contributed by atoms with Gasteiger partial charge in [0.2, 0.25) is 0 Å². The minimum atomic E-state index is -0.167. The van der Waals surface area contributed by atoms with Crippen molar-refractivity contribution in [3.8, 4) is 5.75 Å². The van der Waals surface area contributed by atoms with Gasteiger partial charge in [-0.05, 0) is 55.0 Å². The summed E-state index contributed by atoms with van der Waals surface area (Å²) >= 11 is 5.89. The summed E-state index contributed by atoms with van der Waals surface area (Å²) in [6, 6.07) is 12.3. The van der Waals surface area contributed by atoms with E-state index in [1.165, 1.54) is 0 Å². The van der Waals surface area contributed by atoms with E-state index in [2.05, 4.69) is 5.32 Å². The zero-order valence-corrected chi connectivity index (χ0v) is 12.5. The number of nitrogens with one attached hydrogen (secondary N) is 1. The summed E-state index contributed by atoms with van der Waals surface area (Å²) in [5.41, 5.74) is 7.51. The van der Waals surface area contributed by atoms with E-state index >= 15 is 0 Å². The van der Waals surface area contributed by atoms with Gasteiger partial charge in [-0.1, -0.05) is 11.6 Å². The molecule has 21 heavy (non-hydrogen) atoms. The van der Waals surface area contributed by atoms with Gasteiger partial charge < -0.3 is 15.8 Å². The molecular formula is C16H17ClN2O2. The summed E-state index contributed by atoms with van der Waals surface area (Å²) in [6.07, 6.45) is 0. The van der Waals surface area contributed by atoms with E-state index in [0.29, 0.717) is 29.4 Å². The molecule has 0 saturated carbocycles. The van der Waals surface area contributed by atoms with Gasteiger partial charge in [-0.3, -0.25) is 4.79 Å². The second-order valence-corrected chi connectivity index (χ2v) is 5.01. The molecule has 0 radical (unpaired) electrons. The fourth-order valence-electron chi connectivity index (χ4n) is 1.89. The summed E-state index contributed by atoms with van der Waals surface area (Å²) in [4.78, 5) is 12.2. The Morgan fingerprint density at radius 1 is 1.24 bits per heavy atom. The van der Waals surface area contributed by atoms with Crippen molar-refractivity contribution in [1.82, 2.24) is 0 Å². The van der Waals surface area contributed by atoms with Crippen molar-refractivity contribution in [2.45, 2.75) is 6.92 Å². The number of nitrogens with two attached hydrogens (primary N) is 1. The summed E-state index contributed by atoms with van der Waals surface area (Å²) in [7, 11) is 0. The van der Waals surface area contributed by atoms with Crippen LogP contribution in [0.15, 0.2) is 42.5 Å². The van der Waals surface area contributed by atoms with Crippen molar-refractivity contribution in [2.75, 3.05) is 18.5 Å². The predicted octanol–water partition coefficient (Wildman–Crippen LogP) is 3.24. The number of benzene rings is 2. The zero-order valence-electron chi connectivity index (χ0n) is 11.7. The zero-order chi connectivity index (χ0) is 15.2. The van der Waals surface area contributed by atoms with Gasteiger partial charge >= 0.3 is 0 Å². The maximum absolute atomic E-state index is 12.2. The first-order chi connectivity index (χ1) is 10.1. The normalized spacial score (nSPS) is 10.2. The molecule has 5 heteroatoms. The number of carbonyl (C=O) groups is 1. The minimum Gasteiger partial charge on any atom is -0.492 e. The van der Waals surface area contributed by atoms with Crippen molar-refractivity contribution in [3.05, 3.63) is 58.6 Å². The van der Waals surface area contributed by atoms with Crippen molar-refractivity contribution < 1.29 is 9.53 Å². The van der Waals surface area contributed by atoms with E-state index in [-0.39, 0.29) is 5.91 Å². The van der Waals surface area contributed by atoms with Crippen LogP contribution < -0.4 is 15.8 Å². The number of hydrogen-bond acceptors (Lipinski definition) is 3. The molecule has 0 bridgehead atoms. The molecule has 2 aromatic carbocycles. The Kier molecular flexibility index (Phi) is 5.20. The molecule has 2 rings (SSSR count). The minimum absolute atomic E-state index is 0.167. The first-order valence-electron chi connectivity index (χ1n) is 6.60. The molecule has 0 aromatic heterocycles. The van der Waals surface area contributed by atoms with E-state index < -0.39 is 0 Å². The fourth-order valence-corrected chi connectivity index (χ4v) is 2.12. The van der Waals surface area contributed by atoms with Gasteiger partial charge in [-0.25, -0.2) is 0 Å². The third-order valence-corrected chi connectivity index (χ3v) is 3.17. The maximum Gasteiger partial charge on any atom is 0.255 e. The Bertz CT molecular complexity index is 627. The van der Waals surface area contributed by atoms with Gasteiger partial charge in [0.25, 0.3) is 5.91 Å². The Morgan fingerprint density at radius 3 is 2.57 bits per heavy atom. The summed E-state index contributed by atoms with van der Waals surface area (Å²) in [5.74, 6) is 0.556. The van der Waals surface area contributed by atoms with Crippen LogP contribution in [0.3, 0.4) is 0 Å². The van der Waals surface area contributed by atoms with Gasteiger partial charge in [0.15, 0.2) is 0 Å². The number of carbonyl (C=O) groups excluding carboxylic acids is 1. The Labute approximate surface area is 128 Å². The van der Waals surface area contributed by atoms with Crippen LogP contribution in [0.1, 0.15) is 15.9 Å². The third-order valence-electron chi connectivity index (χ3n) is 2.93. The molecule has 0 saturated heterocycles. The van der Waals surface area contributed by atoms with Crippen LogP contribution >= 0.6 is 11.6 Å². The number of hydrogen-bond donors (Lipinski definition) is 2. The van der Waals surface area contributed by atoms with Gasteiger partial charge in [-0.15, -0.1) is 0 Å². The highest BCUT2D eigenvalue weighted by molar-refractivity contribution is 6.30. The SMILES string of the molecule is Cc1cc(Cl)ccc1C(=O)Nc1ccc(OCCN)cc1. The van der Waals surface area contributed by atoms with E-state index in [4.69, 9.17) is 22.1 Å². The third kappa shape index (κ3) is 4.21. The average molecular weight is 305 g/mol. The summed E-state index contributed by atoms with van der Waals surface area (Å²) in [5, 5.41) is 3.46. The van der Waals surface area contributed by atoms with Crippen LogP contribution in [0.25, 0.3) is 0 Å². The van der Waals surface area contributed by atoms with Crippen molar-refractivity contribution in [2.24, 2.45) is 5.73 Å². The van der Waals surface area contributed by atoms with Crippen molar-refractivity contribution >= 4 is 23.2 Å². The Balaban J connectivity index is 2.05. The number of rotatable bonds is 5. The molecule has 1 amide bonds. The number of ether oxygens (including phenoxy) is 1. The maximum atomic E-state index is 12.2. The second kappa shape index (κ2) is 7.11. The molecule has 0 unspecified atom stereocenters. The second-order valence-electron chi connectivity index (χ2n) is 4.57. The number of halogens is 1. The summed E-state index contributed by atoms with van der Waals surface area (Å²) in [6.45, 7) is 2.79. The quantitative estimate of drug-likeness (QED) is 0.891. The number of amides is 1. The molecule has 2 aromatic rings. The van der Waals surface area contributed by atoms with Crippen molar-refractivity contribution in [1.29, 1.82) is 0 Å². The first-order valence-corrected chi connectivity index (χ1v) is 6.98. The fraction of sp³-hybridized carbons (Fsp3) is 0.188. The van der Waals surface area contributed by atoms with Crippen LogP contribution in [-0.2, 0) is 0 Å². The Morgan fingerprint density at radius 2 is 1.95 bits per heavy atom. The van der Waals surface area contributed by atoms with E-state index in [1.54, 1.807) is 42.5 Å². The largest absolute Gasteiger partial charge is 0.492 e. The number of aryl methyl sites for hydroxylation is 1. The van der Waals surface area contributed by atoms with Crippen LogP contribution in [0.4, 0.5) is 5.69 Å². The monoisotopic (exact) mass is 304 g/mol. The highest BCUT2D eigenvalue weighted by Gasteiger charge is 2.09.